The highest BCUT2D eigenvalue weighted by atomic mass is 19.2. The molecule has 0 atom stereocenters. The van der Waals surface area contributed by atoms with Crippen LogP contribution in [0.4, 0.5) is 13.2 Å². The standard InChI is InChI=1S/C24H21F3N4O3/c25-16-2-1-15(8-17(16)26)31-18-7-13-11-28-30-22(13)29-20(18)19(14-9-24(27,10-14)23(32)33)21(31)12-3-5-34-6-4-12/h1-2,7-8,11-12,14H,3-6,9-10H2,(H,32,33)(H,28,29,30). The Kier molecular flexibility index (Phi) is 4.70. The van der Waals surface area contributed by atoms with E-state index in [1.165, 1.54) is 6.07 Å². The van der Waals surface area contributed by atoms with Crippen molar-refractivity contribution in [2.45, 2.75) is 43.2 Å². The molecule has 1 saturated heterocycles. The fourth-order valence-corrected chi connectivity index (χ4v) is 5.39. The maximum atomic E-state index is 14.8. The van der Waals surface area contributed by atoms with Gasteiger partial charge >= 0.3 is 5.97 Å². The maximum Gasteiger partial charge on any atom is 0.341 e. The number of H-pyrrole nitrogens is 1. The topological polar surface area (TPSA) is 93.0 Å². The number of aromatic nitrogens is 4. The largest absolute Gasteiger partial charge is 0.479 e. The quantitative estimate of drug-likeness (QED) is 0.449. The van der Waals surface area contributed by atoms with E-state index in [0.717, 1.165) is 28.8 Å². The molecule has 3 aromatic heterocycles. The number of nitrogens with zero attached hydrogens (tertiary/aromatic N) is 3. The molecule has 0 unspecified atom stereocenters. The predicted octanol–water partition coefficient (Wildman–Crippen LogP) is 4.74. The first-order chi connectivity index (χ1) is 16.4. The van der Waals surface area contributed by atoms with Crippen molar-refractivity contribution in [1.82, 2.24) is 19.7 Å². The number of aliphatic carboxylic acids is 1. The third kappa shape index (κ3) is 3.12. The van der Waals surface area contributed by atoms with Crippen LogP contribution in [-0.4, -0.2) is 49.7 Å². The van der Waals surface area contributed by atoms with Crippen molar-refractivity contribution in [3.05, 3.63) is 53.4 Å². The minimum absolute atomic E-state index is 0.00182. The van der Waals surface area contributed by atoms with Gasteiger partial charge in [0.05, 0.1) is 17.2 Å². The van der Waals surface area contributed by atoms with Crippen LogP contribution < -0.4 is 0 Å². The summed E-state index contributed by atoms with van der Waals surface area (Å²) in [4.78, 5) is 16.2. The van der Waals surface area contributed by atoms with Crippen molar-refractivity contribution in [1.29, 1.82) is 0 Å². The van der Waals surface area contributed by atoms with Crippen LogP contribution in [0.15, 0.2) is 30.5 Å². The Bertz CT molecular complexity index is 1430. The lowest BCUT2D eigenvalue weighted by Gasteiger charge is -2.39. The molecule has 2 fully saturated rings. The average Bonchev–Trinajstić information content (AvgIpc) is 3.39. The molecule has 6 rings (SSSR count). The van der Waals surface area contributed by atoms with E-state index in [4.69, 9.17) is 9.72 Å². The number of carbonyl (C=O) groups is 1. The minimum Gasteiger partial charge on any atom is -0.479 e. The Labute approximate surface area is 191 Å². The molecule has 1 aliphatic heterocycles. The number of ether oxygens (including phenoxy) is 1. The van der Waals surface area contributed by atoms with Crippen LogP contribution in [-0.2, 0) is 9.53 Å². The molecular weight excluding hydrogens is 449 g/mol. The maximum absolute atomic E-state index is 14.8. The van der Waals surface area contributed by atoms with Crippen molar-refractivity contribution in [3.8, 4) is 5.69 Å². The minimum atomic E-state index is -2.29. The number of hydrogen-bond acceptors (Lipinski definition) is 4. The van der Waals surface area contributed by atoms with Crippen molar-refractivity contribution in [3.63, 3.8) is 0 Å². The van der Waals surface area contributed by atoms with Gasteiger partial charge in [0.15, 0.2) is 17.3 Å². The van der Waals surface area contributed by atoms with Crippen LogP contribution >= 0.6 is 0 Å². The summed E-state index contributed by atoms with van der Waals surface area (Å²) in [5.74, 6) is -3.77. The fraction of sp³-hybridized carbons (Fsp3) is 0.375. The molecule has 0 amide bonds. The normalized spacial score (nSPS) is 23.4. The summed E-state index contributed by atoms with van der Waals surface area (Å²) in [7, 11) is 0. The number of aromatic amines is 1. The summed E-state index contributed by atoms with van der Waals surface area (Å²) >= 11 is 0. The molecule has 176 valence electrons. The van der Waals surface area contributed by atoms with E-state index in [2.05, 4.69) is 10.2 Å². The number of carboxylic acids is 1. The van der Waals surface area contributed by atoms with Crippen LogP contribution in [0.3, 0.4) is 0 Å². The number of benzene rings is 1. The first kappa shape index (κ1) is 21.2. The highest BCUT2D eigenvalue weighted by Gasteiger charge is 2.53. The predicted molar refractivity (Wildman–Crippen MR) is 117 cm³/mol. The molecule has 7 nitrogen and oxygen atoms in total. The second-order valence-corrected chi connectivity index (χ2v) is 9.16. The molecule has 1 aromatic carbocycles. The van der Waals surface area contributed by atoms with Crippen molar-refractivity contribution < 1.29 is 27.8 Å². The highest BCUT2D eigenvalue weighted by Crippen LogP contribution is 2.53. The lowest BCUT2D eigenvalue weighted by atomic mass is 9.68. The van der Waals surface area contributed by atoms with Crippen molar-refractivity contribution in [2.24, 2.45) is 0 Å². The van der Waals surface area contributed by atoms with Gasteiger partial charge in [0, 0.05) is 47.5 Å². The van der Waals surface area contributed by atoms with E-state index in [0.29, 0.717) is 48.4 Å². The third-order valence-electron chi connectivity index (χ3n) is 7.12. The van der Waals surface area contributed by atoms with E-state index < -0.39 is 23.3 Å². The van der Waals surface area contributed by atoms with Crippen LogP contribution in [0, 0.1) is 11.6 Å². The van der Waals surface area contributed by atoms with Crippen LogP contribution in [0.2, 0.25) is 0 Å². The fourth-order valence-electron chi connectivity index (χ4n) is 5.39. The third-order valence-corrected chi connectivity index (χ3v) is 7.12. The summed E-state index contributed by atoms with van der Waals surface area (Å²) in [6.45, 7) is 1.07. The van der Waals surface area contributed by atoms with Gasteiger partial charge in [0.25, 0.3) is 0 Å². The second kappa shape index (κ2) is 7.56. The molecule has 2 aliphatic rings. The lowest BCUT2D eigenvalue weighted by Crippen LogP contribution is -2.45. The molecule has 2 N–H and O–H groups in total. The van der Waals surface area contributed by atoms with Gasteiger partial charge in [-0.25, -0.2) is 22.9 Å². The number of fused-ring (bicyclic) bond motifs is 2. The van der Waals surface area contributed by atoms with E-state index in [1.807, 2.05) is 10.6 Å². The number of hydrogen-bond donors (Lipinski definition) is 2. The zero-order valence-corrected chi connectivity index (χ0v) is 18.0. The number of rotatable bonds is 4. The van der Waals surface area contributed by atoms with Crippen molar-refractivity contribution in [2.75, 3.05) is 13.2 Å². The molecule has 0 radical (unpaired) electrons. The van der Waals surface area contributed by atoms with Gasteiger partial charge in [-0.15, -0.1) is 0 Å². The molecule has 1 saturated carbocycles. The zero-order chi connectivity index (χ0) is 23.6. The smallest absolute Gasteiger partial charge is 0.341 e. The van der Waals surface area contributed by atoms with E-state index in [1.54, 1.807) is 6.20 Å². The molecule has 0 bridgehead atoms. The molecule has 10 heteroatoms. The highest BCUT2D eigenvalue weighted by molar-refractivity contribution is 5.94. The summed E-state index contributed by atoms with van der Waals surface area (Å²) in [5.41, 5.74) is 1.51. The van der Waals surface area contributed by atoms with Crippen molar-refractivity contribution >= 4 is 28.0 Å². The molecule has 34 heavy (non-hydrogen) atoms. The first-order valence-corrected chi connectivity index (χ1v) is 11.2. The van der Waals surface area contributed by atoms with Gasteiger partial charge in [-0.3, -0.25) is 5.10 Å². The summed E-state index contributed by atoms with van der Waals surface area (Å²) in [6, 6.07) is 5.58. The Hall–Kier alpha value is -3.40. The Morgan fingerprint density at radius 3 is 2.62 bits per heavy atom. The number of carboxylic acid groups (broad SMARTS) is 1. The summed E-state index contributed by atoms with van der Waals surface area (Å²) < 4.78 is 50.3. The van der Waals surface area contributed by atoms with E-state index in [9.17, 15) is 23.1 Å². The molecular formula is C24H21F3N4O3. The van der Waals surface area contributed by atoms with Gasteiger partial charge in [-0.05, 0) is 49.8 Å². The Balaban J connectivity index is 1.65. The lowest BCUT2D eigenvalue weighted by molar-refractivity contribution is -0.158. The number of nitrogens with one attached hydrogen (secondary N) is 1. The molecule has 0 spiro atoms. The number of halogens is 3. The van der Waals surface area contributed by atoms with Crippen LogP contribution in [0.5, 0.6) is 0 Å². The molecule has 4 aromatic rings. The average molecular weight is 470 g/mol. The van der Waals surface area contributed by atoms with Gasteiger partial charge in [0.2, 0.25) is 5.67 Å². The SMILES string of the molecule is O=C(O)C1(F)CC(c2c(C3CCOCC3)n(-c3ccc(F)c(F)c3)c3cc4cn[nH]c4nc23)C1. The molecule has 4 heterocycles. The van der Waals surface area contributed by atoms with Crippen LogP contribution in [0.25, 0.3) is 27.8 Å². The second-order valence-electron chi connectivity index (χ2n) is 9.16. The number of alkyl halides is 1. The van der Waals surface area contributed by atoms with Gasteiger partial charge in [-0.2, -0.15) is 5.10 Å². The van der Waals surface area contributed by atoms with Gasteiger partial charge in [0.1, 0.15) is 0 Å². The van der Waals surface area contributed by atoms with E-state index in [-0.39, 0.29) is 24.7 Å². The van der Waals surface area contributed by atoms with E-state index >= 15 is 0 Å². The monoisotopic (exact) mass is 470 g/mol. The molecule has 1 aliphatic carbocycles. The zero-order valence-electron chi connectivity index (χ0n) is 18.0. The Morgan fingerprint density at radius 2 is 1.91 bits per heavy atom. The Morgan fingerprint density at radius 1 is 1.15 bits per heavy atom. The first-order valence-electron chi connectivity index (χ1n) is 11.2. The van der Waals surface area contributed by atoms with Crippen LogP contribution in [0.1, 0.15) is 48.8 Å². The summed E-state index contributed by atoms with van der Waals surface area (Å²) in [6.07, 6.45) is 2.67. The number of pyridine rings is 1. The van der Waals surface area contributed by atoms with Gasteiger partial charge < -0.3 is 14.4 Å². The summed E-state index contributed by atoms with van der Waals surface area (Å²) in [5, 5.41) is 17.0. The van der Waals surface area contributed by atoms with Gasteiger partial charge in [-0.1, -0.05) is 0 Å².